The molecular weight excluding hydrogens is 452 g/mol. The predicted molar refractivity (Wildman–Crippen MR) is 146 cm³/mol. The molecule has 2 heterocycles. The average molecular weight is 487 g/mol. The lowest BCUT2D eigenvalue weighted by Gasteiger charge is -2.22. The summed E-state index contributed by atoms with van der Waals surface area (Å²) in [5.74, 6) is 0.438. The Hall–Kier alpha value is -3.71. The fourth-order valence-electron chi connectivity index (χ4n) is 4.65. The monoisotopic (exact) mass is 486 g/mol. The summed E-state index contributed by atoms with van der Waals surface area (Å²) in [5, 5.41) is 10.6. The number of aryl methyl sites for hydroxylation is 1. The standard InChI is InChI=1S/C29H34N4O3/c1-3-11-32(12-4-2)28(35)24-17-23-7-6-21(18-26(23)31-27(30)19-24)20-8-9-25-22(16-20)10-14-33(29(25)36)13-5-15-34/h6-10,14,16-18,34H,3-5,11-13,15,19H2,1-2H3,(H2,30,31). The lowest BCUT2D eigenvalue weighted by Crippen LogP contribution is -2.34. The molecule has 7 nitrogen and oxygen atoms in total. The summed E-state index contributed by atoms with van der Waals surface area (Å²) in [5.41, 5.74) is 10.4. The molecule has 1 aromatic heterocycles. The number of aliphatic hydroxyl groups excluding tert-OH is 1. The molecule has 3 N–H and O–H groups in total. The first kappa shape index (κ1) is 25.4. The third-order valence-corrected chi connectivity index (χ3v) is 6.41. The van der Waals surface area contributed by atoms with Crippen molar-refractivity contribution >= 4 is 34.3 Å². The molecule has 188 valence electrons. The maximum absolute atomic E-state index is 13.2. The number of nitrogens with zero attached hydrogens (tertiary/aromatic N) is 3. The molecule has 0 saturated heterocycles. The van der Waals surface area contributed by atoms with E-state index >= 15 is 0 Å². The van der Waals surface area contributed by atoms with Gasteiger partial charge in [-0.2, -0.15) is 0 Å². The topological polar surface area (TPSA) is 101 Å². The number of carbonyl (C=O) groups excluding carboxylic acids is 1. The fraction of sp³-hybridized carbons (Fsp3) is 0.345. The SMILES string of the molecule is CCCN(CCC)C(=O)C1=Cc2ccc(-c3ccc4c(=O)n(CCCO)ccc4c3)cc2N=C(N)C1. The lowest BCUT2D eigenvalue weighted by molar-refractivity contribution is -0.127. The van der Waals surface area contributed by atoms with Gasteiger partial charge in [0.2, 0.25) is 5.91 Å². The van der Waals surface area contributed by atoms with Crippen molar-refractivity contribution < 1.29 is 9.90 Å². The number of aliphatic hydroxyl groups is 1. The predicted octanol–water partition coefficient (Wildman–Crippen LogP) is 4.48. The maximum atomic E-state index is 13.2. The molecule has 0 radical (unpaired) electrons. The van der Waals surface area contributed by atoms with Crippen LogP contribution in [0, 0.1) is 0 Å². The molecule has 1 amide bonds. The maximum Gasteiger partial charge on any atom is 0.258 e. The summed E-state index contributed by atoms with van der Waals surface area (Å²) >= 11 is 0. The molecule has 1 aliphatic rings. The van der Waals surface area contributed by atoms with Crippen LogP contribution in [0.5, 0.6) is 0 Å². The normalized spacial score (nSPS) is 13.1. The van der Waals surface area contributed by atoms with E-state index < -0.39 is 0 Å². The van der Waals surface area contributed by atoms with Crippen LogP contribution in [-0.2, 0) is 11.3 Å². The van der Waals surface area contributed by atoms with Crippen molar-refractivity contribution in [3.05, 3.63) is 70.2 Å². The number of pyridine rings is 1. The minimum Gasteiger partial charge on any atom is -0.396 e. The molecule has 1 aliphatic heterocycles. The van der Waals surface area contributed by atoms with E-state index in [1.165, 1.54) is 0 Å². The molecular formula is C29H34N4O3. The van der Waals surface area contributed by atoms with Gasteiger partial charge in [0.25, 0.3) is 5.56 Å². The number of hydrogen-bond donors (Lipinski definition) is 2. The molecule has 4 rings (SSSR count). The molecule has 0 aliphatic carbocycles. The quantitative estimate of drug-likeness (QED) is 0.466. The second-order valence-electron chi connectivity index (χ2n) is 9.21. The Morgan fingerprint density at radius 3 is 2.53 bits per heavy atom. The van der Waals surface area contributed by atoms with Crippen molar-refractivity contribution in [2.75, 3.05) is 19.7 Å². The first-order valence-electron chi connectivity index (χ1n) is 12.7. The Labute approximate surface area is 211 Å². The van der Waals surface area contributed by atoms with E-state index in [2.05, 4.69) is 18.8 Å². The smallest absolute Gasteiger partial charge is 0.258 e. The van der Waals surface area contributed by atoms with E-state index in [4.69, 9.17) is 10.8 Å². The molecule has 0 bridgehead atoms. The van der Waals surface area contributed by atoms with Gasteiger partial charge in [0.15, 0.2) is 0 Å². The van der Waals surface area contributed by atoms with E-state index in [0.29, 0.717) is 36.2 Å². The summed E-state index contributed by atoms with van der Waals surface area (Å²) in [4.78, 5) is 32.5. The molecule has 0 fully saturated rings. The molecule has 0 atom stereocenters. The molecule has 0 saturated carbocycles. The van der Waals surface area contributed by atoms with Gasteiger partial charge in [-0.1, -0.05) is 32.0 Å². The number of aliphatic imine (C=N–C) groups is 1. The van der Waals surface area contributed by atoms with Crippen molar-refractivity contribution in [3.63, 3.8) is 0 Å². The van der Waals surface area contributed by atoms with Gasteiger partial charge in [-0.05, 0) is 66.1 Å². The third kappa shape index (κ3) is 5.41. The number of benzene rings is 2. The number of aromatic nitrogens is 1. The van der Waals surface area contributed by atoms with Crippen LogP contribution in [0.4, 0.5) is 5.69 Å². The number of hydrogen-bond acceptors (Lipinski definition) is 5. The zero-order chi connectivity index (χ0) is 25.7. The zero-order valence-electron chi connectivity index (χ0n) is 21.0. The van der Waals surface area contributed by atoms with Gasteiger partial charge in [0.1, 0.15) is 5.84 Å². The molecule has 2 aromatic carbocycles. The minimum absolute atomic E-state index is 0.0213. The Bertz CT molecular complexity index is 1380. The van der Waals surface area contributed by atoms with Crippen LogP contribution in [-0.4, -0.2) is 46.0 Å². The number of fused-ring (bicyclic) bond motifs is 2. The van der Waals surface area contributed by atoms with Gasteiger partial charge < -0.3 is 20.3 Å². The lowest BCUT2D eigenvalue weighted by atomic mass is 9.99. The van der Waals surface area contributed by atoms with Crippen molar-refractivity contribution in [1.82, 2.24) is 9.47 Å². The average Bonchev–Trinajstić information content (AvgIpc) is 3.05. The number of amidine groups is 1. The highest BCUT2D eigenvalue weighted by Gasteiger charge is 2.21. The summed E-state index contributed by atoms with van der Waals surface area (Å²) in [6, 6.07) is 13.7. The van der Waals surface area contributed by atoms with Gasteiger partial charge in [0.05, 0.1) is 5.69 Å². The number of rotatable bonds is 9. The molecule has 3 aromatic rings. The van der Waals surface area contributed by atoms with E-state index in [1.807, 2.05) is 53.4 Å². The van der Waals surface area contributed by atoms with Gasteiger partial charge >= 0.3 is 0 Å². The summed E-state index contributed by atoms with van der Waals surface area (Å²) < 4.78 is 1.63. The Morgan fingerprint density at radius 1 is 1.08 bits per heavy atom. The molecule has 36 heavy (non-hydrogen) atoms. The molecule has 7 heteroatoms. The van der Waals surface area contributed by atoms with Crippen molar-refractivity contribution in [2.45, 2.75) is 46.1 Å². The Kier molecular flexibility index (Phi) is 8.00. The van der Waals surface area contributed by atoms with Crippen LogP contribution < -0.4 is 11.3 Å². The second-order valence-corrected chi connectivity index (χ2v) is 9.21. The van der Waals surface area contributed by atoms with Gasteiger partial charge in [-0.3, -0.25) is 9.59 Å². The number of carbonyl (C=O) groups is 1. The molecule has 0 unspecified atom stereocenters. The zero-order valence-corrected chi connectivity index (χ0v) is 21.0. The van der Waals surface area contributed by atoms with E-state index in [1.54, 1.807) is 10.8 Å². The summed E-state index contributed by atoms with van der Waals surface area (Å²) in [6.07, 6.45) is 6.37. The van der Waals surface area contributed by atoms with Crippen LogP contribution in [0.15, 0.2) is 64.0 Å². The first-order chi connectivity index (χ1) is 17.4. The highest BCUT2D eigenvalue weighted by atomic mass is 16.3. The van der Waals surface area contributed by atoms with Crippen LogP contribution in [0.25, 0.3) is 28.0 Å². The first-order valence-corrected chi connectivity index (χ1v) is 12.7. The van der Waals surface area contributed by atoms with Gasteiger partial charge in [-0.15, -0.1) is 0 Å². The highest BCUT2D eigenvalue weighted by Crippen LogP contribution is 2.33. The van der Waals surface area contributed by atoms with Crippen LogP contribution in [0.2, 0.25) is 0 Å². The summed E-state index contributed by atoms with van der Waals surface area (Å²) in [6.45, 7) is 6.13. The molecule has 0 spiro atoms. The fourth-order valence-corrected chi connectivity index (χ4v) is 4.65. The highest BCUT2D eigenvalue weighted by molar-refractivity contribution is 6.05. The third-order valence-electron chi connectivity index (χ3n) is 6.41. The van der Waals surface area contributed by atoms with Crippen LogP contribution >= 0.6 is 0 Å². The second kappa shape index (κ2) is 11.4. The van der Waals surface area contributed by atoms with Crippen LogP contribution in [0.1, 0.15) is 45.1 Å². The van der Waals surface area contributed by atoms with Gasteiger partial charge in [-0.25, -0.2) is 4.99 Å². The van der Waals surface area contributed by atoms with Crippen molar-refractivity contribution in [3.8, 4) is 11.1 Å². The van der Waals surface area contributed by atoms with Gasteiger partial charge in [0, 0.05) is 55.4 Å². The van der Waals surface area contributed by atoms with E-state index in [0.717, 1.165) is 53.7 Å². The van der Waals surface area contributed by atoms with Crippen LogP contribution in [0.3, 0.4) is 0 Å². The van der Waals surface area contributed by atoms with E-state index in [9.17, 15) is 9.59 Å². The Morgan fingerprint density at radius 2 is 1.81 bits per heavy atom. The number of amides is 1. The number of nitrogens with two attached hydrogens (primary N) is 1. The minimum atomic E-state index is -0.0608. The van der Waals surface area contributed by atoms with Crippen molar-refractivity contribution in [2.24, 2.45) is 10.7 Å². The summed E-state index contributed by atoms with van der Waals surface area (Å²) in [7, 11) is 0. The largest absolute Gasteiger partial charge is 0.396 e. The Balaban J connectivity index is 1.68. The van der Waals surface area contributed by atoms with Crippen molar-refractivity contribution in [1.29, 1.82) is 0 Å². The van der Waals surface area contributed by atoms with E-state index in [-0.39, 0.29) is 18.1 Å².